The number of aryl methyl sites for hydroxylation is 1. The van der Waals surface area contributed by atoms with Crippen LogP contribution in [0.4, 0.5) is 0 Å². The normalized spacial score (nSPS) is 22.2. The van der Waals surface area contributed by atoms with Gasteiger partial charge >= 0.3 is 5.69 Å². The van der Waals surface area contributed by atoms with Gasteiger partial charge in [-0.15, -0.1) is 0 Å². The minimum atomic E-state index is -3.03. The summed E-state index contributed by atoms with van der Waals surface area (Å²) in [6.07, 6.45) is 1.71. The van der Waals surface area contributed by atoms with E-state index in [4.69, 9.17) is 18.6 Å². The van der Waals surface area contributed by atoms with Crippen LogP contribution in [0.25, 0.3) is 0 Å². The third-order valence-electron chi connectivity index (χ3n) is 8.63. The molecule has 10 heteroatoms. The van der Waals surface area contributed by atoms with Crippen LogP contribution in [-0.4, -0.2) is 67.2 Å². The predicted octanol–water partition coefficient (Wildman–Crippen LogP) is 4.05. The van der Waals surface area contributed by atoms with Crippen LogP contribution in [0.5, 0.6) is 0 Å². The summed E-state index contributed by atoms with van der Waals surface area (Å²) in [5.41, 5.74) is -2.09. The highest BCUT2D eigenvalue weighted by atomic mass is 28.4. The smallest absolute Gasteiger partial charge is 0.330 e. The molecule has 1 fully saturated rings. The molecule has 3 unspecified atom stereocenters. The maximum Gasteiger partial charge on any atom is 0.330 e. The van der Waals surface area contributed by atoms with Crippen molar-refractivity contribution in [1.29, 1.82) is 0 Å². The number of hydrogen-bond donors (Lipinski definition) is 2. The molecule has 1 aliphatic rings. The lowest BCUT2D eigenvalue weighted by molar-refractivity contribution is -0.169. The van der Waals surface area contributed by atoms with Crippen molar-refractivity contribution in [3.8, 4) is 0 Å². The number of aliphatic hydroxyl groups is 1. The third-order valence-corrected chi connectivity index (χ3v) is 13.6. The van der Waals surface area contributed by atoms with E-state index in [1.165, 1.54) is 10.8 Å². The SMILES string of the molecule is CCCCOC[C@@]1(CO[Si](c2ccccc2)(c2ccccc2)C(C)(C)C)OC(n2cc(C)c(=O)[nH]c2=O)C(O)C1OCCCC. The van der Waals surface area contributed by atoms with Gasteiger partial charge in [-0.3, -0.25) is 14.3 Å². The Morgan fingerprint density at radius 1 is 0.933 bits per heavy atom. The van der Waals surface area contributed by atoms with Gasteiger partial charge in [0.05, 0.1) is 13.2 Å². The molecule has 2 aromatic carbocycles. The van der Waals surface area contributed by atoms with E-state index in [1.54, 1.807) is 6.92 Å². The highest BCUT2D eigenvalue weighted by Gasteiger charge is 2.59. The molecular weight excluding hydrogens is 588 g/mol. The summed E-state index contributed by atoms with van der Waals surface area (Å²) in [6, 6.07) is 20.6. The summed E-state index contributed by atoms with van der Waals surface area (Å²) in [7, 11) is -3.03. The zero-order chi connectivity index (χ0) is 32.7. The van der Waals surface area contributed by atoms with Gasteiger partial charge in [0.15, 0.2) is 6.23 Å². The molecule has 45 heavy (non-hydrogen) atoms. The molecule has 0 aliphatic carbocycles. The Hall–Kier alpha value is -2.86. The van der Waals surface area contributed by atoms with Gasteiger partial charge in [0, 0.05) is 25.0 Å². The number of hydrogen-bond acceptors (Lipinski definition) is 7. The minimum Gasteiger partial charge on any atom is -0.404 e. The van der Waals surface area contributed by atoms with Crippen LogP contribution in [0.2, 0.25) is 5.04 Å². The van der Waals surface area contributed by atoms with Gasteiger partial charge in [-0.1, -0.05) is 108 Å². The van der Waals surface area contributed by atoms with Crippen molar-refractivity contribution >= 4 is 18.7 Å². The molecule has 1 aliphatic heterocycles. The molecular formula is C35H50N2O7Si. The molecule has 4 rings (SSSR count). The van der Waals surface area contributed by atoms with E-state index in [9.17, 15) is 14.7 Å². The lowest BCUT2D eigenvalue weighted by atomic mass is 9.96. The average molecular weight is 639 g/mol. The molecule has 0 saturated carbocycles. The number of rotatable bonds is 15. The summed E-state index contributed by atoms with van der Waals surface area (Å²) in [4.78, 5) is 27.6. The van der Waals surface area contributed by atoms with Gasteiger partial charge in [0.2, 0.25) is 0 Å². The van der Waals surface area contributed by atoms with Crippen LogP contribution in [0, 0.1) is 6.92 Å². The molecule has 4 atom stereocenters. The molecule has 1 aromatic heterocycles. The molecule has 3 aromatic rings. The molecule has 246 valence electrons. The first-order valence-corrected chi connectivity index (χ1v) is 18.0. The van der Waals surface area contributed by atoms with Crippen LogP contribution < -0.4 is 21.6 Å². The van der Waals surface area contributed by atoms with Gasteiger partial charge in [-0.25, -0.2) is 4.79 Å². The zero-order valence-corrected chi connectivity index (χ0v) is 28.6. The standard InChI is InChI=1S/C35H50N2O7Si/c1-7-9-21-41-24-35(25-43-45(34(4,5)6,27-17-13-11-14-18-27)28-19-15-12-16-20-28)30(42-22-10-8-2)29(38)32(44-35)37-23-26(3)31(39)36-33(37)40/h11-20,23,29-30,32,38H,7-10,21-22,24-25H2,1-6H3,(H,36,39,40)/t29?,30?,32?,35-/m0/s1. The number of aromatic amines is 1. The van der Waals surface area contributed by atoms with Crippen molar-refractivity contribution in [1.82, 2.24) is 9.55 Å². The second kappa shape index (κ2) is 15.2. The molecule has 9 nitrogen and oxygen atoms in total. The average Bonchev–Trinajstić information content (AvgIpc) is 3.29. The van der Waals surface area contributed by atoms with Crippen molar-refractivity contribution in [2.45, 2.75) is 96.3 Å². The first-order valence-electron chi connectivity index (χ1n) is 16.1. The lowest BCUT2D eigenvalue weighted by Crippen LogP contribution is -2.68. The second-order valence-corrected chi connectivity index (χ2v) is 17.4. The van der Waals surface area contributed by atoms with Crippen molar-refractivity contribution in [2.24, 2.45) is 0 Å². The van der Waals surface area contributed by atoms with Crippen molar-refractivity contribution in [3.63, 3.8) is 0 Å². The summed E-state index contributed by atoms with van der Waals surface area (Å²) in [5, 5.41) is 13.8. The quantitative estimate of drug-likeness (QED) is 0.191. The Labute approximate surface area is 267 Å². The van der Waals surface area contributed by atoms with E-state index >= 15 is 0 Å². The summed E-state index contributed by atoms with van der Waals surface area (Å²) < 4.78 is 28.0. The maximum atomic E-state index is 13.0. The van der Waals surface area contributed by atoms with Gasteiger partial charge in [-0.2, -0.15) is 0 Å². The van der Waals surface area contributed by atoms with Crippen LogP contribution in [-0.2, 0) is 18.6 Å². The first-order chi connectivity index (χ1) is 21.5. The molecule has 0 bridgehead atoms. The summed E-state index contributed by atoms with van der Waals surface area (Å²) in [5.74, 6) is 0. The number of nitrogens with zero attached hydrogens (tertiary/aromatic N) is 1. The Kier molecular flexibility index (Phi) is 11.8. The van der Waals surface area contributed by atoms with Crippen LogP contribution in [0.3, 0.4) is 0 Å². The van der Waals surface area contributed by atoms with E-state index in [0.29, 0.717) is 18.8 Å². The first kappa shape index (κ1) is 35.0. The van der Waals surface area contributed by atoms with Gasteiger partial charge in [0.25, 0.3) is 13.9 Å². The van der Waals surface area contributed by atoms with Gasteiger partial charge in [0.1, 0.15) is 17.8 Å². The predicted molar refractivity (Wildman–Crippen MR) is 179 cm³/mol. The van der Waals surface area contributed by atoms with E-state index in [1.807, 2.05) is 36.4 Å². The highest BCUT2D eigenvalue weighted by molar-refractivity contribution is 6.99. The van der Waals surface area contributed by atoms with E-state index in [-0.39, 0.29) is 18.3 Å². The fraction of sp³-hybridized carbons (Fsp3) is 0.543. The largest absolute Gasteiger partial charge is 0.404 e. The van der Waals surface area contributed by atoms with Crippen molar-refractivity contribution < 1.29 is 23.7 Å². The fourth-order valence-electron chi connectivity index (χ4n) is 6.20. The number of benzene rings is 2. The Morgan fingerprint density at radius 3 is 2.07 bits per heavy atom. The maximum absolute atomic E-state index is 13.0. The van der Waals surface area contributed by atoms with Gasteiger partial charge < -0.3 is 23.7 Å². The van der Waals surface area contributed by atoms with Crippen LogP contribution >= 0.6 is 0 Å². The van der Waals surface area contributed by atoms with E-state index in [0.717, 1.165) is 36.1 Å². The third kappa shape index (κ3) is 7.42. The van der Waals surface area contributed by atoms with E-state index in [2.05, 4.69) is 63.9 Å². The topological polar surface area (TPSA) is 112 Å². The molecule has 0 radical (unpaired) electrons. The minimum absolute atomic E-state index is 0.0494. The summed E-state index contributed by atoms with van der Waals surface area (Å²) in [6.45, 7) is 13.4. The number of H-pyrrole nitrogens is 1. The van der Waals surface area contributed by atoms with Crippen LogP contribution in [0.15, 0.2) is 76.4 Å². The number of unbranched alkanes of at least 4 members (excludes halogenated alkanes) is 2. The lowest BCUT2D eigenvalue weighted by Gasteiger charge is -2.45. The van der Waals surface area contributed by atoms with Gasteiger partial charge in [-0.05, 0) is 35.2 Å². The fourth-order valence-corrected chi connectivity index (χ4v) is 10.8. The summed E-state index contributed by atoms with van der Waals surface area (Å²) >= 11 is 0. The Morgan fingerprint density at radius 2 is 1.51 bits per heavy atom. The number of aromatic nitrogens is 2. The van der Waals surface area contributed by atoms with Crippen molar-refractivity contribution in [2.75, 3.05) is 26.4 Å². The Bertz CT molecular complexity index is 1430. The Balaban J connectivity index is 1.85. The highest BCUT2D eigenvalue weighted by Crippen LogP contribution is 2.43. The molecule has 1 saturated heterocycles. The number of ether oxygens (including phenoxy) is 3. The second-order valence-electron chi connectivity index (χ2n) is 13.0. The van der Waals surface area contributed by atoms with E-state index < -0.39 is 43.6 Å². The number of nitrogens with one attached hydrogen (secondary N) is 1. The zero-order valence-electron chi connectivity index (χ0n) is 27.6. The number of aliphatic hydroxyl groups excluding tert-OH is 1. The molecule has 2 heterocycles. The van der Waals surface area contributed by atoms with Crippen LogP contribution in [0.1, 0.15) is 72.1 Å². The molecule has 2 N–H and O–H groups in total. The molecule has 0 amide bonds. The molecule has 0 spiro atoms. The van der Waals surface area contributed by atoms with Crippen molar-refractivity contribution in [3.05, 3.63) is 93.3 Å². The monoisotopic (exact) mass is 638 g/mol.